The SMILES string of the molecule is CC(C)[C@H](CO)N1C(=O)[C@H]2[C@@H]3C(=O)O[C@H](C)CNC(=O)CC/C=C\CN(C4CCCCC4)C(=O)[C@H]1[C@@]21C=C(Br)[C@@H]3O1. The van der Waals surface area contributed by atoms with Gasteiger partial charge in [-0.3, -0.25) is 19.2 Å². The van der Waals surface area contributed by atoms with Crippen molar-refractivity contribution in [3.8, 4) is 0 Å². The van der Waals surface area contributed by atoms with Crippen molar-refractivity contribution >= 4 is 39.6 Å². The Bertz CT molecular complexity index is 1120. The second-order valence-electron chi connectivity index (χ2n) is 12.4. The van der Waals surface area contributed by atoms with Gasteiger partial charge in [-0.25, -0.2) is 0 Å². The van der Waals surface area contributed by atoms with Crippen molar-refractivity contribution in [1.29, 1.82) is 0 Å². The largest absolute Gasteiger partial charge is 0.460 e. The van der Waals surface area contributed by atoms with Gasteiger partial charge in [-0.2, -0.15) is 0 Å². The number of nitrogens with one attached hydrogen (secondary N) is 1. The van der Waals surface area contributed by atoms with Crippen LogP contribution in [0.3, 0.4) is 0 Å². The van der Waals surface area contributed by atoms with E-state index in [1.165, 1.54) is 4.90 Å². The second-order valence-corrected chi connectivity index (χ2v) is 13.3. The number of amides is 3. The lowest BCUT2D eigenvalue weighted by atomic mass is 9.74. The maximum absolute atomic E-state index is 14.8. The quantitative estimate of drug-likeness (QED) is 0.359. The number of fused-ring (bicyclic) bond motifs is 2. The van der Waals surface area contributed by atoms with E-state index in [1.54, 1.807) is 13.0 Å². The van der Waals surface area contributed by atoms with Crippen LogP contribution in [0.5, 0.6) is 0 Å². The summed E-state index contributed by atoms with van der Waals surface area (Å²) in [6, 6.07) is -1.68. The Morgan fingerprint density at radius 1 is 1.12 bits per heavy atom. The summed E-state index contributed by atoms with van der Waals surface area (Å²) in [5.41, 5.74) is -1.37. The van der Waals surface area contributed by atoms with Gasteiger partial charge in [0.05, 0.1) is 25.1 Å². The molecule has 41 heavy (non-hydrogen) atoms. The fourth-order valence-electron chi connectivity index (χ4n) is 7.34. The van der Waals surface area contributed by atoms with Crippen LogP contribution in [0.25, 0.3) is 0 Å². The molecule has 5 bridgehead atoms. The molecule has 226 valence electrons. The molecule has 3 fully saturated rings. The average Bonchev–Trinajstić information content (AvgIpc) is 3.53. The third kappa shape index (κ3) is 5.38. The molecule has 1 aliphatic carbocycles. The molecular formula is C30H42BrN3O7. The summed E-state index contributed by atoms with van der Waals surface area (Å²) in [6.07, 6.45) is 9.93. The number of likely N-dealkylation sites (tertiary alicyclic amines) is 1. The molecule has 0 aromatic carbocycles. The standard InChI is InChI=1S/C30H42BrN3O7/c1-17(2)21(16-35)34-26-28(38)33(19-10-6-4-7-11-19)13-9-5-8-12-22(36)32-15-18(3)40-29(39)23-24(27(34)37)30(26)14-20(31)25(23)41-30/h5,9,14,17-19,21,23-26,35H,4,6-8,10-13,15-16H2,1-3H3,(H,32,36)/b9-5-/t18-,21+,23+,24-,25+,26+,30-/m1/s1. The summed E-state index contributed by atoms with van der Waals surface area (Å²) in [5.74, 6) is -3.45. The van der Waals surface area contributed by atoms with Crippen LogP contribution in [-0.4, -0.2) is 94.2 Å². The zero-order valence-electron chi connectivity index (χ0n) is 24.1. The zero-order chi connectivity index (χ0) is 29.5. The molecule has 4 heterocycles. The Morgan fingerprint density at radius 2 is 1.85 bits per heavy atom. The fraction of sp³-hybridized carbons (Fsp3) is 0.733. The number of allylic oxidation sites excluding steroid dienone is 1. The highest BCUT2D eigenvalue weighted by Crippen LogP contribution is 2.59. The Morgan fingerprint density at radius 3 is 2.54 bits per heavy atom. The van der Waals surface area contributed by atoms with Crippen LogP contribution in [0, 0.1) is 17.8 Å². The minimum absolute atomic E-state index is 0.00190. The van der Waals surface area contributed by atoms with Crippen molar-refractivity contribution in [2.45, 2.75) is 102 Å². The fourth-order valence-corrected chi connectivity index (χ4v) is 8.07. The van der Waals surface area contributed by atoms with Crippen LogP contribution in [0.15, 0.2) is 22.7 Å². The van der Waals surface area contributed by atoms with Gasteiger partial charge in [0, 0.05) is 23.5 Å². The number of carbonyl (C=O) groups is 4. The summed E-state index contributed by atoms with van der Waals surface area (Å²) in [7, 11) is 0. The van der Waals surface area contributed by atoms with Gasteiger partial charge >= 0.3 is 5.97 Å². The Labute approximate surface area is 250 Å². The van der Waals surface area contributed by atoms with Gasteiger partial charge in [0.2, 0.25) is 17.7 Å². The van der Waals surface area contributed by atoms with Crippen LogP contribution < -0.4 is 5.32 Å². The van der Waals surface area contributed by atoms with E-state index >= 15 is 0 Å². The lowest BCUT2D eigenvalue weighted by molar-refractivity contribution is -0.160. The van der Waals surface area contributed by atoms with Gasteiger partial charge in [0.25, 0.3) is 0 Å². The molecular weight excluding hydrogens is 594 g/mol. The number of carbonyl (C=O) groups excluding carboxylic acids is 4. The Hall–Kier alpha value is -2.24. The molecule has 5 rings (SSSR count). The third-order valence-electron chi connectivity index (χ3n) is 9.39. The molecule has 0 aromatic rings. The molecule has 1 spiro atoms. The number of nitrogens with zero attached hydrogens (tertiary/aromatic N) is 2. The lowest BCUT2D eigenvalue weighted by Gasteiger charge is -2.42. The maximum Gasteiger partial charge on any atom is 0.313 e. The first-order valence-corrected chi connectivity index (χ1v) is 15.8. The Kier molecular flexibility index (Phi) is 8.97. The van der Waals surface area contributed by atoms with Crippen molar-refractivity contribution in [3.63, 3.8) is 0 Å². The number of cyclic esters (lactones) is 1. The van der Waals surface area contributed by atoms with E-state index < -0.39 is 47.7 Å². The van der Waals surface area contributed by atoms with E-state index in [0.717, 1.165) is 32.1 Å². The molecule has 0 unspecified atom stereocenters. The van der Waals surface area contributed by atoms with E-state index in [4.69, 9.17) is 9.47 Å². The highest BCUT2D eigenvalue weighted by atomic mass is 79.9. The number of ether oxygens (including phenoxy) is 2. The molecule has 1 saturated carbocycles. The number of esters is 1. The van der Waals surface area contributed by atoms with Gasteiger partial charge in [0.15, 0.2) is 0 Å². The van der Waals surface area contributed by atoms with Crippen LogP contribution >= 0.6 is 15.9 Å². The van der Waals surface area contributed by atoms with E-state index in [-0.39, 0.29) is 49.3 Å². The van der Waals surface area contributed by atoms with Crippen molar-refractivity contribution < 1.29 is 33.8 Å². The normalized spacial score (nSPS) is 36.7. The van der Waals surface area contributed by atoms with Crippen LogP contribution in [0.4, 0.5) is 0 Å². The van der Waals surface area contributed by atoms with Crippen molar-refractivity contribution in [2.75, 3.05) is 19.7 Å². The molecule has 4 aliphatic heterocycles. The zero-order valence-corrected chi connectivity index (χ0v) is 25.7. The molecule has 10 nitrogen and oxygen atoms in total. The smallest absolute Gasteiger partial charge is 0.313 e. The molecule has 0 radical (unpaired) electrons. The van der Waals surface area contributed by atoms with Gasteiger partial charge in [-0.05, 0) is 38.2 Å². The van der Waals surface area contributed by atoms with Gasteiger partial charge in [0.1, 0.15) is 29.8 Å². The summed E-state index contributed by atoms with van der Waals surface area (Å²) in [5, 5.41) is 13.3. The molecule has 5 aliphatic rings. The van der Waals surface area contributed by atoms with Crippen molar-refractivity contribution in [2.24, 2.45) is 17.8 Å². The van der Waals surface area contributed by atoms with Crippen molar-refractivity contribution in [3.05, 3.63) is 22.7 Å². The third-order valence-corrected chi connectivity index (χ3v) is 10.1. The number of hydrogen-bond donors (Lipinski definition) is 2. The summed E-state index contributed by atoms with van der Waals surface area (Å²) in [4.78, 5) is 58.6. The number of aliphatic hydroxyl groups is 1. The maximum atomic E-state index is 14.8. The van der Waals surface area contributed by atoms with Crippen molar-refractivity contribution in [1.82, 2.24) is 15.1 Å². The van der Waals surface area contributed by atoms with E-state index in [9.17, 15) is 24.3 Å². The monoisotopic (exact) mass is 635 g/mol. The van der Waals surface area contributed by atoms with E-state index in [0.29, 0.717) is 17.4 Å². The predicted octanol–water partition coefficient (Wildman–Crippen LogP) is 2.44. The minimum Gasteiger partial charge on any atom is -0.460 e. The van der Waals surface area contributed by atoms with Gasteiger partial charge in [-0.1, -0.05) is 61.2 Å². The molecule has 2 saturated heterocycles. The minimum atomic E-state index is -1.37. The number of hydrogen-bond acceptors (Lipinski definition) is 7. The molecule has 11 heteroatoms. The molecule has 2 N–H and O–H groups in total. The highest BCUT2D eigenvalue weighted by molar-refractivity contribution is 9.11. The number of aliphatic hydroxyl groups excluding tert-OH is 1. The topological polar surface area (TPSA) is 125 Å². The summed E-state index contributed by atoms with van der Waals surface area (Å²) < 4.78 is 12.9. The first-order valence-electron chi connectivity index (χ1n) is 15.0. The summed E-state index contributed by atoms with van der Waals surface area (Å²) >= 11 is 3.57. The highest BCUT2D eigenvalue weighted by Gasteiger charge is 2.75. The number of rotatable bonds is 4. The molecule has 7 atom stereocenters. The Balaban J connectivity index is 1.62. The average molecular weight is 637 g/mol. The van der Waals surface area contributed by atoms with Crippen LogP contribution in [-0.2, 0) is 28.7 Å². The molecule has 3 amide bonds. The predicted molar refractivity (Wildman–Crippen MR) is 153 cm³/mol. The second kappa shape index (κ2) is 12.2. The van der Waals surface area contributed by atoms with Gasteiger partial charge < -0.3 is 29.7 Å². The van der Waals surface area contributed by atoms with Crippen LogP contribution in [0.1, 0.15) is 65.7 Å². The first-order chi connectivity index (χ1) is 19.6. The van der Waals surface area contributed by atoms with E-state index in [2.05, 4.69) is 21.2 Å². The van der Waals surface area contributed by atoms with E-state index in [1.807, 2.05) is 30.9 Å². The summed E-state index contributed by atoms with van der Waals surface area (Å²) in [6.45, 7) is 5.68. The van der Waals surface area contributed by atoms with Crippen LogP contribution in [0.2, 0.25) is 0 Å². The first kappa shape index (κ1) is 30.2. The van der Waals surface area contributed by atoms with Gasteiger partial charge in [-0.15, -0.1) is 0 Å². The lowest BCUT2D eigenvalue weighted by Crippen LogP contribution is -2.61. The molecule has 0 aromatic heterocycles. The number of halogens is 1.